The molecular weight excluding hydrogens is 325 g/mol. The van der Waals surface area contributed by atoms with Gasteiger partial charge in [0.15, 0.2) is 0 Å². The third kappa shape index (κ3) is 4.00. The largest absolute Gasteiger partial charge is 0.481 e. The van der Waals surface area contributed by atoms with E-state index in [-0.39, 0.29) is 11.6 Å². The molecule has 8 heteroatoms. The molecule has 0 heterocycles. The molecular formula is C15H20FNO5S. The van der Waals surface area contributed by atoms with Crippen LogP contribution in [-0.2, 0) is 15.1 Å². The number of benzene rings is 1. The lowest BCUT2D eigenvalue weighted by molar-refractivity contribution is -0.140. The van der Waals surface area contributed by atoms with Crippen LogP contribution in [0.5, 0.6) is 0 Å². The maximum atomic E-state index is 14.2. The first-order chi connectivity index (χ1) is 10.7. The average Bonchev–Trinajstić information content (AvgIpc) is 2.47. The molecule has 0 aromatic heterocycles. The van der Waals surface area contributed by atoms with Crippen LogP contribution in [0, 0.1) is 11.7 Å². The molecule has 1 fully saturated rings. The van der Waals surface area contributed by atoms with Gasteiger partial charge in [0, 0.05) is 7.05 Å². The summed E-state index contributed by atoms with van der Waals surface area (Å²) in [5.74, 6) is -2.75. The van der Waals surface area contributed by atoms with E-state index in [1.54, 1.807) is 0 Å². The summed E-state index contributed by atoms with van der Waals surface area (Å²) in [7, 11) is -3.55. The highest BCUT2D eigenvalue weighted by atomic mass is 32.2. The third-order valence-corrected chi connectivity index (χ3v) is 5.29. The van der Waals surface area contributed by atoms with Gasteiger partial charge in [-0.3, -0.25) is 9.35 Å². The van der Waals surface area contributed by atoms with Crippen LogP contribution >= 0.6 is 0 Å². The number of hydrogen-bond acceptors (Lipinski definition) is 3. The number of carboxylic acids is 1. The van der Waals surface area contributed by atoms with Crippen molar-refractivity contribution in [2.45, 2.75) is 38.0 Å². The van der Waals surface area contributed by atoms with Gasteiger partial charge in [-0.25, -0.2) is 8.70 Å². The molecule has 1 unspecified atom stereocenters. The molecule has 2 rings (SSSR count). The van der Waals surface area contributed by atoms with Crippen LogP contribution in [0.1, 0.15) is 43.6 Å². The Morgan fingerprint density at radius 1 is 1.30 bits per heavy atom. The lowest BCUT2D eigenvalue weighted by Crippen LogP contribution is -2.27. The minimum absolute atomic E-state index is 0.0502. The summed E-state index contributed by atoms with van der Waals surface area (Å²) in [6, 6.07) is 3.63. The molecule has 23 heavy (non-hydrogen) atoms. The second kappa shape index (κ2) is 6.84. The fourth-order valence-electron chi connectivity index (χ4n) is 3.18. The van der Waals surface area contributed by atoms with Crippen molar-refractivity contribution < 1.29 is 27.3 Å². The standard InChI is InChI=1S/C15H20FNO5S/c1-17(23(20,21)22)13-8-7-11(9-12(13)16)14(15(18)19)10-5-3-2-4-6-10/h7-10,14H,2-6H2,1H3,(H,18,19)(H,20,21,22). The van der Waals surface area contributed by atoms with Crippen molar-refractivity contribution in [2.75, 3.05) is 11.4 Å². The summed E-state index contributed by atoms with van der Waals surface area (Å²) in [5.41, 5.74) is -0.0154. The number of carboxylic acid groups (broad SMARTS) is 1. The van der Waals surface area contributed by atoms with Crippen LogP contribution < -0.4 is 4.31 Å². The highest BCUT2D eigenvalue weighted by Gasteiger charge is 2.31. The quantitative estimate of drug-likeness (QED) is 0.800. The van der Waals surface area contributed by atoms with Gasteiger partial charge in [0.25, 0.3) is 0 Å². The Kier molecular flexibility index (Phi) is 5.26. The van der Waals surface area contributed by atoms with E-state index >= 15 is 0 Å². The smallest absolute Gasteiger partial charge is 0.359 e. The third-order valence-electron chi connectivity index (χ3n) is 4.40. The molecule has 1 aliphatic carbocycles. The summed E-state index contributed by atoms with van der Waals surface area (Å²) in [4.78, 5) is 11.6. The molecule has 1 aromatic rings. The highest BCUT2D eigenvalue weighted by molar-refractivity contribution is 7.87. The van der Waals surface area contributed by atoms with Gasteiger partial charge >= 0.3 is 16.3 Å². The Morgan fingerprint density at radius 2 is 1.91 bits per heavy atom. The van der Waals surface area contributed by atoms with Gasteiger partial charge in [-0.05, 0) is 36.5 Å². The number of halogens is 1. The molecule has 0 bridgehead atoms. The Labute approximate surface area is 134 Å². The first-order valence-electron chi connectivity index (χ1n) is 7.45. The number of nitrogens with zero attached hydrogens (tertiary/aromatic N) is 1. The van der Waals surface area contributed by atoms with Gasteiger partial charge in [-0.15, -0.1) is 0 Å². The van der Waals surface area contributed by atoms with Gasteiger partial charge in [0.2, 0.25) is 0 Å². The maximum Gasteiger partial charge on any atom is 0.359 e. The molecule has 1 aromatic carbocycles. The second-order valence-corrected chi connectivity index (χ2v) is 7.31. The Balaban J connectivity index is 2.35. The van der Waals surface area contributed by atoms with Crippen LogP contribution in [0.4, 0.5) is 10.1 Å². The fourth-order valence-corrected chi connectivity index (χ4v) is 3.58. The molecule has 0 saturated heterocycles. The lowest BCUT2D eigenvalue weighted by Gasteiger charge is -2.28. The predicted octanol–water partition coefficient (Wildman–Crippen LogP) is 2.81. The van der Waals surface area contributed by atoms with Crippen molar-refractivity contribution in [3.05, 3.63) is 29.6 Å². The van der Waals surface area contributed by atoms with Crippen molar-refractivity contribution in [1.82, 2.24) is 0 Å². The van der Waals surface area contributed by atoms with E-state index in [2.05, 4.69) is 0 Å². The number of rotatable bonds is 5. The number of hydrogen-bond donors (Lipinski definition) is 2. The predicted molar refractivity (Wildman–Crippen MR) is 83.3 cm³/mol. The molecule has 1 saturated carbocycles. The number of carbonyl (C=O) groups is 1. The van der Waals surface area contributed by atoms with E-state index in [1.807, 2.05) is 0 Å². The minimum atomic E-state index is -4.57. The lowest BCUT2D eigenvalue weighted by atomic mass is 9.77. The Morgan fingerprint density at radius 3 is 2.39 bits per heavy atom. The average molecular weight is 345 g/mol. The van der Waals surface area contributed by atoms with Gasteiger partial charge in [-0.2, -0.15) is 8.42 Å². The van der Waals surface area contributed by atoms with E-state index in [0.717, 1.165) is 45.2 Å². The van der Waals surface area contributed by atoms with Crippen molar-refractivity contribution in [2.24, 2.45) is 5.92 Å². The second-order valence-electron chi connectivity index (χ2n) is 5.87. The molecule has 6 nitrogen and oxygen atoms in total. The van der Waals surface area contributed by atoms with Crippen LogP contribution in [-0.4, -0.2) is 31.1 Å². The summed E-state index contributed by atoms with van der Waals surface area (Å²) < 4.78 is 45.7. The van der Waals surface area contributed by atoms with Crippen molar-refractivity contribution in [3.63, 3.8) is 0 Å². The maximum absolute atomic E-state index is 14.2. The van der Waals surface area contributed by atoms with Crippen LogP contribution in [0.2, 0.25) is 0 Å². The zero-order valence-electron chi connectivity index (χ0n) is 12.8. The van der Waals surface area contributed by atoms with Crippen LogP contribution in [0.25, 0.3) is 0 Å². The molecule has 0 spiro atoms. The van der Waals surface area contributed by atoms with Crippen molar-refractivity contribution >= 4 is 22.0 Å². The molecule has 128 valence electrons. The SMILES string of the molecule is CN(c1ccc(C(C(=O)O)C2CCCCC2)cc1F)S(=O)(=O)O. The van der Waals surface area contributed by atoms with Crippen LogP contribution in [0.3, 0.4) is 0 Å². The summed E-state index contributed by atoms with van der Waals surface area (Å²) in [5, 5.41) is 9.51. The Hall–Kier alpha value is -1.67. The zero-order valence-corrected chi connectivity index (χ0v) is 13.6. The van der Waals surface area contributed by atoms with Gasteiger partial charge in [0.1, 0.15) is 5.82 Å². The molecule has 1 atom stereocenters. The van der Waals surface area contributed by atoms with E-state index in [0.29, 0.717) is 9.87 Å². The fraction of sp³-hybridized carbons (Fsp3) is 0.533. The molecule has 1 aliphatic rings. The van der Waals surface area contributed by atoms with E-state index in [1.165, 1.54) is 12.1 Å². The molecule has 0 aliphatic heterocycles. The number of aliphatic carboxylic acids is 1. The van der Waals surface area contributed by atoms with E-state index < -0.39 is 28.0 Å². The monoisotopic (exact) mass is 345 g/mol. The molecule has 0 amide bonds. The van der Waals surface area contributed by atoms with Crippen LogP contribution in [0.15, 0.2) is 18.2 Å². The van der Waals surface area contributed by atoms with Gasteiger partial charge < -0.3 is 5.11 Å². The highest BCUT2D eigenvalue weighted by Crippen LogP contribution is 2.37. The summed E-state index contributed by atoms with van der Waals surface area (Å²) in [6.45, 7) is 0. The van der Waals surface area contributed by atoms with Gasteiger partial charge in [0.05, 0.1) is 11.6 Å². The van der Waals surface area contributed by atoms with Crippen molar-refractivity contribution in [1.29, 1.82) is 0 Å². The van der Waals surface area contributed by atoms with E-state index in [4.69, 9.17) is 4.55 Å². The number of anilines is 1. The van der Waals surface area contributed by atoms with Gasteiger partial charge in [-0.1, -0.05) is 25.3 Å². The first kappa shape index (κ1) is 17.7. The summed E-state index contributed by atoms with van der Waals surface area (Å²) in [6.07, 6.45) is 4.56. The summed E-state index contributed by atoms with van der Waals surface area (Å²) >= 11 is 0. The Bertz CT molecular complexity index is 685. The normalized spacial score (nSPS) is 17.7. The molecule has 0 radical (unpaired) electrons. The van der Waals surface area contributed by atoms with Crippen molar-refractivity contribution in [3.8, 4) is 0 Å². The molecule has 2 N–H and O–H groups in total. The topological polar surface area (TPSA) is 94.9 Å². The van der Waals surface area contributed by atoms with E-state index in [9.17, 15) is 22.7 Å². The zero-order chi connectivity index (χ0) is 17.2. The first-order valence-corrected chi connectivity index (χ1v) is 8.85. The minimum Gasteiger partial charge on any atom is -0.481 e.